The van der Waals surface area contributed by atoms with Gasteiger partial charge in [-0.3, -0.25) is 4.98 Å². The monoisotopic (exact) mass is 237 g/mol. The predicted octanol–water partition coefficient (Wildman–Crippen LogP) is 3.05. The Labute approximate surface area is 108 Å². The predicted molar refractivity (Wildman–Crippen MR) is 72.9 cm³/mol. The molecule has 0 bridgehead atoms. The third-order valence-corrected chi connectivity index (χ3v) is 3.35. The summed E-state index contributed by atoms with van der Waals surface area (Å²) in [6.07, 6.45) is 6.50. The van der Waals surface area contributed by atoms with E-state index in [4.69, 9.17) is 0 Å². The number of benzene rings is 1. The van der Waals surface area contributed by atoms with Crippen LogP contribution in [0, 0.1) is 12.0 Å². The lowest BCUT2D eigenvalue weighted by molar-refractivity contribution is 0.639. The van der Waals surface area contributed by atoms with Crippen LogP contribution < -0.4 is 5.32 Å². The molecule has 0 aliphatic heterocycles. The van der Waals surface area contributed by atoms with E-state index in [1.54, 1.807) is 6.20 Å². The van der Waals surface area contributed by atoms with E-state index in [2.05, 4.69) is 28.5 Å². The Kier molecular flexibility index (Phi) is 3.37. The largest absolute Gasteiger partial charge is 0.312 e. The molecule has 2 aromatic rings. The summed E-state index contributed by atoms with van der Waals surface area (Å²) in [4.78, 5) is 4.19. The molecule has 18 heavy (non-hydrogen) atoms. The fraction of sp³-hybridized carbons (Fsp3) is 0.312. The third kappa shape index (κ3) is 2.77. The Hall–Kier alpha value is -1.67. The van der Waals surface area contributed by atoms with E-state index < -0.39 is 0 Å². The second kappa shape index (κ2) is 5.32. The van der Waals surface area contributed by atoms with Gasteiger partial charge >= 0.3 is 0 Å². The van der Waals surface area contributed by atoms with Crippen LogP contribution in [0.15, 0.2) is 42.7 Å². The van der Waals surface area contributed by atoms with E-state index in [1.807, 2.05) is 24.4 Å². The molecule has 1 radical (unpaired) electrons. The van der Waals surface area contributed by atoms with Crippen molar-refractivity contribution in [3.8, 4) is 11.1 Å². The van der Waals surface area contributed by atoms with Crippen molar-refractivity contribution in [1.82, 2.24) is 10.3 Å². The minimum atomic E-state index is 0.890. The Morgan fingerprint density at radius 2 is 2.22 bits per heavy atom. The SMILES string of the molecule is [c]1cccc(-c2cccnc2)c1CNCC1CC1. The van der Waals surface area contributed by atoms with Crippen molar-refractivity contribution < 1.29 is 0 Å². The Balaban J connectivity index is 1.76. The molecule has 1 aromatic heterocycles. The van der Waals surface area contributed by atoms with Gasteiger partial charge in [0.05, 0.1) is 0 Å². The minimum Gasteiger partial charge on any atom is -0.312 e. The molecule has 0 spiro atoms. The van der Waals surface area contributed by atoms with E-state index in [0.717, 1.165) is 24.6 Å². The summed E-state index contributed by atoms with van der Waals surface area (Å²) in [5.41, 5.74) is 3.62. The summed E-state index contributed by atoms with van der Waals surface area (Å²) in [6, 6.07) is 13.6. The Bertz CT molecular complexity index is 504. The van der Waals surface area contributed by atoms with E-state index >= 15 is 0 Å². The average Bonchev–Trinajstić information content (AvgIpc) is 3.25. The van der Waals surface area contributed by atoms with Crippen LogP contribution >= 0.6 is 0 Å². The highest BCUT2D eigenvalue weighted by Crippen LogP contribution is 2.28. The molecule has 0 amide bonds. The fourth-order valence-corrected chi connectivity index (χ4v) is 2.13. The molecule has 1 saturated carbocycles. The number of hydrogen-bond donors (Lipinski definition) is 1. The van der Waals surface area contributed by atoms with Crippen molar-refractivity contribution in [2.75, 3.05) is 6.54 Å². The van der Waals surface area contributed by atoms with Crippen molar-refractivity contribution in [1.29, 1.82) is 0 Å². The van der Waals surface area contributed by atoms with Crippen LogP contribution in [0.4, 0.5) is 0 Å². The maximum atomic E-state index is 4.19. The number of nitrogens with one attached hydrogen (secondary N) is 1. The van der Waals surface area contributed by atoms with Gasteiger partial charge in [-0.1, -0.05) is 24.3 Å². The topological polar surface area (TPSA) is 24.9 Å². The van der Waals surface area contributed by atoms with E-state index in [-0.39, 0.29) is 0 Å². The molecule has 0 atom stereocenters. The van der Waals surface area contributed by atoms with Gasteiger partial charge in [0.1, 0.15) is 0 Å². The summed E-state index contributed by atoms with van der Waals surface area (Å²) in [6.45, 7) is 2.02. The number of nitrogens with zero attached hydrogens (tertiary/aromatic N) is 1. The van der Waals surface area contributed by atoms with Gasteiger partial charge in [-0.15, -0.1) is 0 Å². The Morgan fingerprint density at radius 1 is 1.28 bits per heavy atom. The van der Waals surface area contributed by atoms with Crippen LogP contribution in [-0.2, 0) is 6.54 Å². The minimum absolute atomic E-state index is 0.890. The van der Waals surface area contributed by atoms with Crippen LogP contribution in [0.2, 0.25) is 0 Å². The first-order chi connectivity index (χ1) is 8.93. The molecular weight excluding hydrogens is 220 g/mol. The van der Waals surface area contributed by atoms with Crippen LogP contribution in [0.25, 0.3) is 11.1 Å². The van der Waals surface area contributed by atoms with Gasteiger partial charge in [0.25, 0.3) is 0 Å². The first-order valence-corrected chi connectivity index (χ1v) is 6.54. The van der Waals surface area contributed by atoms with Gasteiger partial charge in [0.15, 0.2) is 0 Å². The molecule has 0 saturated heterocycles. The highest BCUT2D eigenvalue weighted by atomic mass is 14.9. The van der Waals surface area contributed by atoms with Gasteiger partial charge in [0, 0.05) is 24.5 Å². The molecule has 1 aliphatic rings. The summed E-state index contributed by atoms with van der Waals surface area (Å²) in [5, 5.41) is 3.52. The molecule has 1 heterocycles. The summed E-state index contributed by atoms with van der Waals surface area (Å²) < 4.78 is 0. The second-order valence-electron chi connectivity index (χ2n) is 4.88. The summed E-state index contributed by atoms with van der Waals surface area (Å²) in [5.74, 6) is 0.913. The lowest BCUT2D eigenvalue weighted by Gasteiger charge is -2.09. The number of pyridine rings is 1. The number of hydrogen-bond acceptors (Lipinski definition) is 2. The van der Waals surface area contributed by atoms with E-state index in [1.165, 1.54) is 24.0 Å². The van der Waals surface area contributed by atoms with Crippen LogP contribution in [0.1, 0.15) is 18.4 Å². The zero-order valence-corrected chi connectivity index (χ0v) is 10.4. The zero-order valence-electron chi connectivity index (χ0n) is 10.4. The highest BCUT2D eigenvalue weighted by Gasteiger charge is 2.20. The zero-order chi connectivity index (χ0) is 12.2. The van der Waals surface area contributed by atoms with Crippen LogP contribution in [0.3, 0.4) is 0 Å². The standard InChI is InChI=1S/C16H17N2/c1-2-6-16(15-5-3-9-17-11-15)14(4-1)12-18-10-13-7-8-13/h1-3,5-6,9,11,13,18H,7-8,10,12H2. The number of rotatable bonds is 5. The summed E-state index contributed by atoms with van der Waals surface area (Å²) >= 11 is 0. The molecule has 3 rings (SSSR count). The van der Waals surface area contributed by atoms with Gasteiger partial charge in [-0.25, -0.2) is 0 Å². The molecule has 1 N–H and O–H groups in total. The molecular formula is C16H17N2. The quantitative estimate of drug-likeness (QED) is 0.864. The maximum Gasteiger partial charge on any atom is 0.0346 e. The normalized spacial score (nSPS) is 14.7. The van der Waals surface area contributed by atoms with E-state index in [0.29, 0.717) is 0 Å². The number of aromatic nitrogens is 1. The maximum absolute atomic E-state index is 4.19. The van der Waals surface area contributed by atoms with Gasteiger partial charge < -0.3 is 5.32 Å². The van der Waals surface area contributed by atoms with Crippen molar-refractivity contribution in [3.05, 3.63) is 54.4 Å². The molecule has 91 valence electrons. The lowest BCUT2D eigenvalue weighted by atomic mass is 10.0. The van der Waals surface area contributed by atoms with E-state index in [9.17, 15) is 0 Å². The summed E-state index contributed by atoms with van der Waals surface area (Å²) in [7, 11) is 0. The smallest absolute Gasteiger partial charge is 0.0346 e. The fourth-order valence-electron chi connectivity index (χ4n) is 2.13. The van der Waals surface area contributed by atoms with Crippen molar-refractivity contribution >= 4 is 0 Å². The second-order valence-corrected chi connectivity index (χ2v) is 4.88. The molecule has 2 nitrogen and oxygen atoms in total. The Morgan fingerprint density at radius 3 is 3.00 bits per heavy atom. The van der Waals surface area contributed by atoms with Crippen molar-refractivity contribution in [3.63, 3.8) is 0 Å². The lowest BCUT2D eigenvalue weighted by Crippen LogP contribution is -2.16. The van der Waals surface area contributed by atoms with Gasteiger partial charge in [-0.05, 0) is 48.6 Å². The third-order valence-electron chi connectivity index (χ3n) is 3.35. The van der Waals surface area contributed by atoms with Gasteiger partial charge in [0.2, 0.25) is 0 Å². The first-order valence-electron chi connectivity index (χ1n) is 6.54. The average molecular weight is 237 g/mol. The molecule has 0 unspecified atom stereocenters. The first kappa shape index (κ1) is 11.4. The van der Waals surface area contributed by atoms with Crippen molar-refractivity contribution in [2.45, 2.75) is 19.4 Å². The van der Waals surface area contributed by atoms with Crippen LogP contribution in [-0.4, -0.2) is 11.5 Å². The highest BCUT2D eigenvalue weighted by molar-refractivity contribution is 5.66. The molecule has 2 heteroatoms. The molecule has 1 aliphatic carbocycles. The molecule has 1 fully saturated rings. The van der Waals surface area contributed by atoms with Crippen LogP contribution in [0.5, 0.6) is 0 Å². The molecule has 1 aromatic carbocycles. The van der Waals surface area contributed by atoms with Gasteiger partial charge in [-0.2, -0.15) is 0 Å². The van der Waals surface area contributed by atoms with Crippen molar-refractivity contribution in [2.24, 2.45) is 5.92 Å².